The van der Waals surface area contributed by atoms with Crippen LogP contribution in [0.2, 0.25) is 0 Å². The van der Waals surface area contributed by atoms with E-state index in [2.05, 4.69) is 10.1 Å². The predicted molar refractivity (Wildman–Crippen MR) is 50.2 cm³/mol. The van der Waals surface area contributed by atoms with Crippen LogP contribution in [0.15, 0.2) is 18.2 Å². The first-order valence-electron chi connectivity index (χ1n) is 4.47. The number of rotatable bonds is 3. The van der Waals surface area contributed by atoms with Gasteiger partial charge < -0.3 is 10.1 Å². The fraction of sp³-hybridized carbons (Fsp3) is 0.300. The van der Waals surface area contributed by atoms with E-state index in [9.17, 15) is 13.6 Å². The Labute approximate surface area is 86.0 Å². The molecule has 0 saturated carbocycles. The minimum Gasteiger partial charge on any atom is -0.450 e. The molecule has 0 radical (unpaired) electrons. The first-order chi connectivity index (χ1) is 7.11. The van der Waals surface area contributed by atoms with Crippen LogP contribution in [0.1, 0.15) is 12.5 Å². The Hall–Kier alpha value is -1.65. The van der Waals surface area contributed by atoms with Crippen molar-refractivity contribution in [2.45, 2.75) is 13.5 Å². The van der Waals surface area contributed by atoms with E-state index in [-0.39, 0.29) is 13.2 Å². The summed E-state index contributed by atoms with van der Waals surface area (Å²) in [5, 5.41) is 2.36. The van der Waals surface area contributed by atoms with E-state index in [4.69, 9.17) is 0 Å². The maximum atomic E-state index is 12.7. The van der Waals surface area contributed by atoms with Crippen molar-refractivity contribution in [3.05, 3.63) is 35.4 Å². The molecule has 1 rings (SSSR count). The smallest absolute Gasteiger partial charge is 0.407 e. The normalized spacial score (nSPS) is 9.80. The Morgan fingerprint density at radius 3 is 2.47 bits per heavy atom. The molecule has 0 aliphatic rings. The Morgan fingerprint density at radius 1 is 1.33 bits per heavy atom. The van der Waals surface area contributed by atoms with E-state index < -0.39 is 17.7 Å². The molecule has 82 valence electrons. The monoisotopic (exact) mass is 215 g/mol. The highest BCUT2D eigenvalue weighted by Crippen LogP contribution is 2.07. The van der Waals surface area contributed by atoms with Gasteiger partial charge in [0.05, 0.1) is 6.61 Å². The summed E-state index contributed by atoms with van der Waals surface area (Å²) in [6, 6.07) is 3.07. The summed E-state index contributed by atoms with van der Waals surface area (Å²) in [5.74, 6) is -1.34. The molecular weight excluding hydrogens is 204 g/mol. The minimum absolute atomic E-state index is 0.0352. The largest absolute Gasteiger partial charge is 0.450 e. The van der Waals surface area contributed by atoms with Gasteiger partial charge in [0.15, 0.2) is 0 Å². The molecule has 1 N–H and O–H groups in total. The molecule has 3 nitrogen and oxygen atoms in total. The number of amides is 1. The van der Waals surface area contributed by atoms with Crippen molar-refractivity contribution in [1.82, 2.24) is 5.32 Å². The number of ether oxygens (including phenoxy) is 1. The number of nitrogens with one attached hydrogen (secondary N) is 1. The summed E-state index contributed by atoms with van der Waals surface area (Å²) in [4.78, 5) is 10.9. The third kappa shape index (κ3) is 3.93. The van der Waals surface area contributed by atoms with Gasteiger partial charge in [-0.25, -0.2) is 13.6 Å². The fourth-order valence-electron chi connectivity index (χ4n) is 1.07. The SMILES string of the molecule is CCOC(=O)NCc1cc(F)cc(F)c1. The van der Waals surface area contributed by atoms with E-state index in [1.165, 1.54) is 0 Å². The molecule has 0 fully saturated rings. The summed E-state index contributed by atoms with van der Waals surface area (Å²) in [5.41, 5.74) is 0.348. The molecule has 15 heavy (non-hydrogen) atoms. The van der Waals surface area contributed by atoms with Gasteiger partial charge in [0.1, 0.15) is 11.6 Å². The zero-order valence-corrected chi connectivity index (χ0v) is 8.22. The standard InChI is InChI=1S/C10H11F2NO2/c1-2-15-10(14)13-6-7-3-8(11)5-9(12)4-7/h3-5H,2,6H2,1H3,(H,13,14). The molecule has 1 aromatic rings. The van der Waals surface area contributed by atoms with E-state index in [0.29, 0.717) is 5.56 Å². The molecular formula is C10H11F2NO2. The van der Waals surface area contributed by atoms with E-state index in [1.807, 2.05) is 0 Å². The van der Waals surface area contributed by atoms with Crippen molar-refractivity contribution < 1.29 is 18.3 Å². The lowest BCUT2D eigenvalue weighted by atomic mass is 10.2. The fourth-order valence-corrected chi connectivity index (χ4v) is 1.07. The quantitative estimate of drug-likeness (QED) is 0.839. The highest BCUT2D eigenvalue weighted by atomic mass is 19.1. The van der Waals surface area contributed by atoms with Crippen LogP contribution in [-0.2, 0) is 11.3 Å². The Bertz CT molecular complexity index is 335. The maximum absolute atomic E-state index is 12.7. The lowest BCUT2D eigenvalue weighted by Gasteiger charge is -2.05. The second-order valence-corrected chi connectivity index (χ2v) is 2.85. The van der Waals surface area contributed by atoms with Crippen molar-refractivity contribution >= 4 is 6.09 Å². The molecule has 0 bridgehead atoms. The number of alkyl carbamates (subject to hydrolysis) is 1. The average molecular weight is 215 g/mol. The summed E-state index contributed by atoms with van der Waals surface area (Å²) in [6.07, 6.45) is -0.609. The number of hydrogen-bond donors (Lipinski definition) is 1. The van der Waals surface area contributed by atoms with Gasteiger partial charge in [-0.2, -0.15) is 0 Å². The highest BCUT2D eigenvalue weighted by Gasteiger charge is 2.03. The Balaban J connectivity index is 2.54. The molecule has 0 atom stereocenters. The number of halogens is 2. The van der Waals surface area contributed by atoms with Crippen LogP contribution in [0.5, 0.6) is 0 Å². The van der Waals surface area contributed by atoms with E-state index in [0.717, 1.165) is 18.2 Å². The zero-order chi connectivity index (χ0) is 11.3. The lowest BCUT2D eigenvalue weighted by molar-refractivity contribution is 0.151. The molecule has 0 heterocycles. The van der Waals surface area contributed by atoms with Crippen LogP contribution >= 0.6 is 0 Å². The third-order valence-electron chi connectivity index (χ3n) is 1.63. The molecule has 0 aliphatic heterocycles. The van der Waals surface area contributed by atoms with Crippen molar-refractivity contribution in [3.8, 4) is 0 Å². The van der Waals surface area contributed by atoms with Crippen LogP contribution in [0, 0.1) is 11.6 Å². The number of carbonyl (C=O) groups excluding carboxylic acids is 1. The topological polar surface area (TPSA) is 38.3 Å². The summed E-state index contributed by atoms with van der Waals surface area (Å²) >= 11 is 0. The van der Waals surface area contributed by atoms with Gasteiger partial charge in [-0.1, -0.05) is 0 Å². The Morgan fingerprint density at radius 2 is 1.93 bits per heavy atom. The molecule has 1 amide bonds. The molecule has 0 spiro atoms. The second-order valence-electron chi connectivity index (χ2n) is 2.85. The number of carbonyl (C=O) groups is 1. The number of benzene rings is 1. The molecule has 1 aromatic carbocycles. The first-order valence-corrected chi connectivity index (χ1v) is 4.47. The van der Waals surface area contributed by atoms with E-state index in [1.54, 1.807) is 6.92 Å². The lowest BCUT2D eigenvalue weighted by Crippen LogP contribution is -2.23. The molecule has 0 aliphatic carbocycles. The van der Waals surface area contributed by atoms with Crippen LogP contribution in [0.3, 0.4) is 0 Å². The molecule has 0 aromatic heterocycles. The average Bonchev–Trinajstić information content (AvgIpc) is 2.14. The van der Waals surface area contributed by atoms with Crippen molar-refractivity contribution in [2.24, 2.45) is 0 Å². The van der Waals surface area contributed by atoms with Gasteiger partial charge >= 0.3 is 6.09 Å². The van der Waals surface area contributed by atoms with Gasteiger partial charge in [0.2, 0.25) is 0 Å². The minimum atomic E-state index is -0.671. The van der Waals surface area contributed by atoms with Gasteiger partial charge in [-0.15, -0.1) is 0 Å². The zero-order valence-electron chi connectivity index (χ0n) is 8.22. The van der Waals surface area contributed by atoms with Gasteiger partial charge in [0, 0.05) is 12.6 Å². The number of hydrogen-bond acceptors (Lipinski definition) is 2. The van der Waals surface area contributed by atoms with Gasteiger partial charge in [-0.3, -0.25) is 0 Å². The van der Waals surface area contributed by atoms with Crippen molar-refractivity contribution in [2.75, 3.05) is 6.61 Å². The van der Waals surface area contributed by atoms with Crippen LogP contribution in [-0.4, -0.2) is 12.7 Å². The van der Waals surface area contributed by atoms with Gasteiger partial charge in [0.25, 0.3) is 0 Å². The highest BCUT2D eigenvalue weighted by molar-refractivity contribution is 5.67. The maximum Gasteiger partial charge on any atom is 0.407 e. The summed E-state index contributed by atoms with van der Waals surface area (Å²) in [6.45, 7) is 1.96. The first kappa shape index (κ1) is 11.4. The van der Waals surface area contributed by atoms with Crippen LogP contribution in [0.25, 0.3) is 0 Å². The van der Waals surface area contributed by atoms with Crippen LogP contribution < -0.4 is 5.32 Å². The third-order valence-corrected chi connectivity index (χ3v) is 1.63. The van der Waals surface area contributed by atoms with Crippen molar-refractivity contribution in [3.63, 3.8) is 0 Å². The van der Waals surface area contributed by atoms with E-state index >= 15 is 0 Å². The summed E-state index contributed by atoms with van der Waals surface area (Å²) < 4.78 is 30.0. The predicted octanol–water partition coefficient (Wildman–Crippen LogP) is 2.21. The molecule has 0 saturated heterocycles. The molecule has 0 unspecified atom stereocenters. The van der Waals surface area contributed by atoms with Crippen molar-refractivity contribution in [1.29, 1.82) is 0 Å². The Kier molecular flexibility index (Phi) is 4.03. The molecule has 5 heteroatoms. The van der Waals surface area contributed by atoms with Gasteiger partial charge in [-0.05, 0) is 24.6 Å². The summed E-state index contributed by atoms with van der Waals surface area (Å²) in [7, 11) is 0. The second kappa shape index (κ2) is 5.29. The van der Waals surface area contributed by atoms with Crippen LogP contribution in [0.4, 0.5) is 13.6 Å².